The zero-order chi connectivity index (χ0) is 48.6. The number of aliphatic hydroxyl groups is 1. The van der Waals surface area contributed by atoms with Gasteiger partial charge in [0.15, 0.2) is 18.4 Å². The monoisotopic (exact) mass is 943 g/mol. The van der Waals surface area contributed by atoms with Crippen LogP contribution in [0.2, 0.25) is 0 Å². The normalized spacial score (nSPS) is 24.7. The lowest BCUT2D eigenvalue weighted by molar-refractivity contribution is -0.224. The number of hydroxylamine groups is 2. The molecule has 368 valence electrons. The number of amides is 2. The molecule has 1 saturated carbocycles. The molecule has 4 aliphatic rings. The van der Waals surface area contributed by atoms with Crippen LogP contribution in [0, 0.1) is 5.41 Å². The molecule has 1 aliphatic carbocycles. The first-order chi connectivity index (χ1) is 31.8. The fourth-order valence-corrected chi connectivity index (χ4v) is 9.40. The van der Waals surface area contributed by atoms with Gasteiger partial charge in [0.2, 0.25) is 5.91 Å². The Balaban J connectivity index is 1.26. The molecule has 0 aromatic heterocycles. The average Bonchev–Trinajstić information content (AvgIpc) is 3.83. The number of hydrogen-bond donors (Lipinski definition) is 3. The van der Waals surface area contributed by atoms with Crippen molar-refractivity contribution in [3.63, 3.8) is 0 Å². The van der Waals surface area contributed by atoms with Crippen LogP contribution >= 0.6 is 0 Å². The van der Waals surface area contributed by atoms with Crippen molar-refractivity contribution in [3.05, 3.63) is 76.9 Å². The second kappa shape index (κ2) is 22.0. The summed E-state index contributed by atoms with van der Waals surface area (Å²) in [6.07, 6.45) is 0.921. The molecular formula is C49H64F3N3O12. The van der Waals surface area contributed by atoms with E-state index in [-0.39, 0.29) is 37.9 Å². The van der Waals surface area contributed by atoms with Gasteiger partial charge in [0.05, 0.1) is 19.2 Å². The topological polar surface area (TPSA) is 188 Å². The Hall–Kier alpha value is -4.88. The standard InChI is InChI=1S/C49H64F3N3O12/c1-6-8-12-23-47(24-13-9-7-2)65-39-36-26-48(45(61)53-27-31-15-14-18-33(25-31)43(59)54-35(29-56)20-22-38(58)64-46(3,4)5)41(44(60)63-36)55(67-42(48)40(39)66-47)28-34-17-11-10-16-32(34)19-21-37(57)62-30-49(50,51)52/h10-11,14-19,21,25,35-36,39-42,56H,6-9,12-13,20,22-24,26-30H2,1-5H3,(H,53,61)(H,54,59)/t35-,36+,39-,40-,41-,42+,48-/m0/s1. The predicted molar refractivity (Wildman–Crippen MR) is 236 cm³/mol. The van der Waals surface area contributed by atoms with E-state index in [4.69, 9.17) is 23.8 Å². The molecule has 67 heavy (non-hydrogen) atoms. The van der Waals surface area contributed by atoms with Crippen LogP contribution in [0.25, 0.3) is 6.08 Å². The van der Waals surface area contributed by atoms with Gasteiger partial charge < -0.3 is 39.4 Å². The third kappa shape index (κ3) is 12.8. The Morgan fingerprint density at radius 2 is 1.67 bits per heavy atom. The molecule has 15 nitrogen and oxygen atoms in total. The van der Waals surface area contributed by atoms with Crippen molar-refractivity contribution >= 4 is 35.8 Å². The highest BCUT2D eigenvalue weighted by molar-refractivity contribution is 5.95. The first-order valence-electron chi connectivity index (χ1n) is 23.3. The van der Waals surface area contributed by atoms with Crippen LogP contribution < -0.4 is 10.6 Å². The van der Waals surface area contributed by atoms with Gasteiger partial charge in [-0.25, -0.2) is 4.79 Å². The number of benzene rings is 2. The molecule has 18 heteroatoms. The first-order valence-corrected chi connectivity index (χ1v) is 23.3. The van der Waals surface area contributed by atoms with Gasteiger partial charge in [-0.15, -0.1) is 0 Å². The maximum Gasteiger partial charge on any atom is 0.422 e. The molecule has 2 amide bonds. The first kappa shape index (κ1) is 51.5. The number of carbonyl (C=O) groups excluding carboxylic acids is 5. The van der Waals surface area contributed by atoms with Gasteiger partial charge in [-0.05, 0) is 74.9 Å². The summed E-state index contributed by atoms with van der Waals surface area (Å²) in [6, 6.07) is 11.3. The lowest BCUT2D eigenvalue weighted by atomic mass is 9.62. The minimum Gasteiger partial charge on any atom is -0.460 e. The summed E-state index contributed by atoms with van der Waals surface area (Å²) < 4.78 is 67.8. The number of halogens is 3. The van der Waals surface area contributed by atoms with Gasteiger partial charge in [0.1, 0.15) is 35.4 Å². The predicted octanol–water partition coefficient (Wildman–Crippen LogP) is 6.78. The van der Waals surface area contributed by atoms with Gasteiger partial charge in [-0.3, -0.25) is 24.0 Å². The van der Waals surface area contributed by atoms with Crippen molar-refractivity contribution in [2.24, 2.45) is 5.41 Å². The number of rotatable bonds is 22. The average molecular weight is 944 g/mol. The van der Waals surface area contributed by atoms with Crippen LogP contribution in [0.5, 0.6) is 0 Å². The minimum absolute atomic E-state index is 0.0139. The Morgan fingerprint density at radius 1 is 0.970 bits per heavy atom. The van der Waals surface area contributed by atoms with E-state index < -0.39 is 102 Å². The molecule has 3 saturated heterocycles. The Morgan fingerprint density at radius 3 is 2.34 bits per heavy atom. The fourth-order valence-electron chi connectivity index (χ4n) is 9.40. The number of fused-ring (bicyclic) bond motifs is 4. The highest BCUT2D eigenvalue weighted by Gasteiger charge is 2.76. The summed E-state index contributed by atoms with van der Waals surface area (Å²) in [7, 11) is 0. The minimum atomic E-state index is -4.70. The molecule has 2 aromatic carbocycles. The van der Waals surface area contributed by atoms with Gasteiger partial charge in [-0.1, -0.05) is 75.9 Å². The van der Waals surface area contributed by atoms with Crippen LogP contribution in [0.15, 0.2) is 54.6 Å². The van der Waals surface area contributed by atoms with E-state index in [2.05, 4.69) is 29.2 Å². The Kier molecular flexibility index (Phi) is 16.9. The van der Waals surface area contributed by atoms with Gasteiger partial charge in [0, 0.05) is 43.9 Å². The van der Waals surface area contributed by atoms with Crippen LogP contribution in [0.4, 0.5) is 13.2 Å². The number of alkyl halides is 3. The lowest BCUT2D eigenvalue weighted by Crippen LogP contribution is -2.69. The van der Waals surface area contributed by atoms with Gasteiger partial charge >= 0.3 is 24.1 Å². The van der Waals surface area contributed by atoms with E-state index in [1.807, 2.05) is 0 Å². The SMILES string of the molecule is CCCCCC1(CCCCC)O[C@@H]2[C@H](O1)[C@H]1ON(Cc3ccccc3C=CC(=O)OCC(F)(F)F)[C@H]3C(=O)O[C@@H]2C[C@@]13C(=O)NCc1cccc(C(=O)N[C@H](CO)CCC(=O)OC(C)(C)C)c1. The van der Waals surface area contributed by atoms with Crippen LogP contribution in [-0.2, 0) is 60.8 Å². The van der Waals surface area contributed by atoms with Crippen molar-refractivity contribution in [1.82, 2.24) is 15.7 Å². The molecule has 3 aliphatic heterocycles. The number of unbranched alkanes of at least 4 members (excludes halogenated alkanes) is 4. The van der Waals surface area contributed by atoms with Crippen molar-refractivity contribution < 1.29 is 70.8 Å². The second-order valence-electron chi connectivity index (χ2n) is 18.8. The summed E-state index contributed by atoms with van der Waals surface area (Å²) in [6.45, 7) is 7.15. The van der Waals surface area contributed by atoms with E-state index >= 15 is 4.79 Å². The van der Waals surface area contributed by atoms with E-state index in [1.54, 1.807) is 69.3 Å². The molecule has 0 radical (unpaired) electrons. The fraction of sp³-hybridized carbons (Fsp3) is 0.612. The van der Waals surface area contributed by atoms with E-state index in [0.717, 1.165) is 44.6 Å². The van der Waals surface area contributed by atoms with Crippen LogP contribution in [0.3, 0.4) is 0 Å². The summed E-state index contributed by atoms with van der Waals surface area (Å²) in [5, 5.41) is 17.2. The Labute approximate surface area is 389 Å². The van der Waals surface area contributed by atoms with Crippen LogP contribution in [-0.4, -0.2) is 107 Å². The molecular weight excluding hydrogens is 880 g/mol. The lowest BCUT2D eigenvalue weighted by Gasteiger charge is -2.48. The highest BCUT2D eigenvalue weighted by atomic mass is 19.4. The maximum absolute atomic E-state index is 15.1. The van der Waals surface area contributed by atoms with E-state index in [9.17, 15) is 37.5 Å². The zero-order valence-electron chi connectivity index (χ0n) is 38.9. The zero-order valence-corrected chi connectivity index (χ0v) is 38.9. The number of nitrogens with one attached hydrogen (secondary N) is 2. The molecule has 0 unspecified atom stereocenters. The molecule has 3 N–H and O–H groups in total. The largest absolute Gasteiger partial charge is 0.460 e. The van der Waals surface area contributed by atoms with Gasteiger partial charge in [0.25, 0.3) is 5.91 Å². The summed E-state index contributed by atoms with van der Waals surface area (Å²) in [5.74, 6) is -4.38. The summed E-state index contributed by atoms with van der Waals surface area (Å²) in [5.41, 5.74) is -0.492. The molecule has 6 rings (SSSR count). The number of carbonyl (C=O) groups is 5. The smallest absolute Gasteiger partial charge is 0.422 e. The molecule has 4 fully saturated rings. The number of esters is 3. The molecule has 3 heterocycles. The number of ether oxygens (including phenoxy) is 5. The quantitative estimate of drug-likeness (QED) is 0.0486. The highest BCUT2D eigenvalue weighted by Crippen LogP contribution is 2.58. The van der Waals surface area contributed by atoms with Crippen LogP contribution in [0.1, 0.15) is 132 Å². The third-order valence-corrected chi connectivity index (χ3v) is 12.5. The third-order valence-electron chi connectivity index (χ3n) is 12.5. The van der Waals surface area contributed by atoms with Crippen molar-refractivity contribution in [3.8, 4) is 0 Å². The molecule has 2 aromatic rings. The van der Waals surface area contributed by atoms with Crippen molar-refractivity contribution in [2.45, 2.75) is 172 Å². The number of aliphatic hydroxyl groups excluding tert-OH is 1. The van der Waals surface area contributed by atoms with Crippen molar-refractivity contribution in [1.29, 1.82) is 0 Å². The molecule has 0 spiro atoms. The summed E-state index contributed by atoms with van der Waals surface area (Å²) >= 11 is 0. The second-order valence-corrected chi connectivity index (χ2v) is 18.8. The Bertz CT molecular complexity index is 2100. The van der Waals surface area contributed by atoms with E-state index in [1.165, 1.54) is 11.1 Å². The summed E-state index contributed by atoms with van der Waals surface area (Å²) in [4.78, 5) is 74.1. The molecule has 2 bridgehead atoms. The van der Waals surface area contributed by atoms with Crippen molar-refractivity contribution in [2.75, 3.05) is 13.2 Å². The molecule has 7 atom stereocenters. The van der Waals surface area contributed by atoms with Gasteiger partial charge in [-0.2, -0.15) is 18.2 Å². The number of hydrogen-bond acceptors (Lipinski definition) is 13. The maximum atomic E-state index is 15.1. The number of nitrogens with zero attached hydrogens (tertiary/aromatic N) is 1. The van der Waals surface area contributed by atoms with E-state index in [0.29, 0.717) is 29.5 Å².